The molecule has 9 nitrogen and oxygen atoms in total. The van der Waals surface area contributed by atoms with E-state index in [1.807, 2.05) is 0 Å². The van der Waals surface area contributed by atoms with Crippen LogP contribution in [0.3, 0.4) is 0 Å². The second-order valence-corrected chi connectivity index (χ2v) is 5.69. The molecule has 3 heterocycles. The molecular formula is C12H14ClN5O4. The molecule has 0 aromatic heterocycles. The molecule has 5 N–H and O–H groups in total. The number of amidine groups is 1. The Kier molecular flexibility index (Phi) is 3.48. The molecule has 3 aliphatic rings. The predicted molar refractivity (Wildman–Crippen MR) is 78.4 cm³/mol. The molecule has 0 aromatic carbocycles. The van der Waals surface area contributed by atoms with Crippen LogP contribution in [0.5, 0.6) is 0 Å². The van der Waals surface area contributed by atoms with Gasteiger partial charge in [0.25, 0.3) is 0 Å². The van der Waals surface area contributed by atoms with Crippen molar-refractivity contribution in [2.45, 2.75) is 29.2 Å². The quantitative estimate of drug-likeness (QED) is 0.250. The zero-order chi connectivity index (χ0) is 16.1. The van der Waals surface area contributed by atoms with Crippen molar-refractivity contribution in [1.29, 1.82) is 0 Å². The first-order valence-electron chi connectivity index (χ1n) is 6.41. The van der Waals surface area contributed by atoms with Gasteiger partial charge in [-0.3, -0.25) is 10.7 Å². The van der Waals surface area contributed by atoms with Crippen molar-refractivity contribution < 1.29 is 20.1 Å². The van der Waals surface area contributed by atoms with Crippen molar-refractivity contribution in [3.05, 3.63) is 0 Å². The van der Waals surface area contributed by atoms with E-state index < -0.39 is 35.8 Å². The minimum atomic E-state index is -2.04. The molecule has 0 spiro atoms. The van der Waals surface area contributed by atoms with Gasteiger partial charge < -0.3 is 25.0 Å². The number of ether oxygens (including phenoxy) is 1. The standard InChI is InChI=1S/C12H14ClN5O4/c1-2-11(21)8(20)6(3-19)22-10(11)18-5-16-7-9(18)15-4-17-12(7,13)14/h1,4,6,8,10,19-21H,3,5,14H2/t6-,8-,10-,11-,12?/m1/s1. The van der Waals surface area contributed by atoms with E-state index in [0.29, 0.717) is 0 Å². The fourth-order valence-corrected chi connectivity index (χ4v) is 2.81. The largest absolute Gasteiger partial charge is 0.394 e. The van der Waals surface area contributed by atoms with Gasteiger partial charge in [0.15, 0.2) is 17.7 Å². The Bertz CT molecular complexity index is 627. The number of aliphatic hydroxyl groups is 3. The molecular weight excluding hydrogens is 314 g/mol. The summed E-state index contributed by atoms with van der Waals surface area (Å²) < 4.78 is 5.48. The van der Waals surface area contributed by atoms with Crippen LogP contribution in [-0.2, 0) is 4.74 Å². The molecule has 5 atom stereocenters. The van der Waals surface area contributed by atoms with Gasteiger partial charge in [-0.25, -0.2) is 9.98 Å². The van der Waals surface area contributed by atoms with Crippen molar-refractivity contribution in [3.63, 3.8) is 0 Å². The van der Waals surface area contributed by atoms with Gasteiger partial charge in [-0.05, 0) is 0 Å². The monoisotopic (exact) mass is 327 g/mol. The minimum absolute atomic E-state index is 0.0166. The van der Waals surface area contributed by atoms with Gasteiger partial charge >= 0.3 is 0 Å². The lowest BCUT2D eigenvalue weighted by atomic mass is 9.94. The van der Waals surface area contributed by atoms with Crippen LogP contribution in [0.4, 0.5) is 0 Å². The molecule has 1 saturated heterocycles. The number of aliphatic hydroxyl groups excluding tert-OH is 2. The molecule has 22 heavy (non-hydrogen) atoms. The van der Waals surface area contributed by atoms with Crippen LogP contribution in [0, 0.1) is 12.3 Å². The second kappa shape index (κ2) is 4.99. The summed E-state index contributed by atoms with van der Waals surface area (Å²) in [6, 6.07) is 0. The molecule has 0 bridgehead atoms. The summed E-state index contributed by atoms with van der Waals surface area (Å²) in [6.07, 6.45) is 2.86. The SMILES string of the molecule is C#C[C@@]1(O)[C@H](O)[C@@H](CO)O[C@H]1N1CN=C2C1=NC=NC2(N)Cl. The topological polar surface area (TPSA) is 136 Å². The molecule has 10 heteroatoms. The van der Waals surface area contributed by atoms with E-state index in [1.54, 1.807) is 0 Å². The number of fused-ring (bicyclic) bond motifs is 1. The maximum absolute atomic E-state index is 10.5. The van der Waals surface area contributed by atoms with E-state index in [4.69, 9.17) is 28.5 Å². The molecule has 3 aliphatic heterocycles. The first-order valence-corrected chi connectivity index (χ1v) is 6.78. The number of hydrogen-bond acceptors (Lipinski definition) is 9. The number of hydrogen-bond donors (Lipinski definition) is 4. The summed E-state index contributed by atoms with van der Waals surface area (Å²) >= 11 is 6.04. The van der Waals surface area contributed by atoms with E-state index in [9.17, 15) is 15.3 Å². The summed E-state index contributed by atoms with van der Waals surface area (Å²) in [5, 5.41) is 28.3. The number of halogens is 1. The van der Waals surface area contributed by atoms with Crippen LogP contribution in [0.15, 0.2) is 15.0 Å². The van der Waals surface area contributed by atoms with Gasteiger partial charge in [-0.1, -0.05) is 17.5 Å². The van der Waals surface area contributed by atoms with Gasteiger partial charge in [0.2, 0.25) is 5.12 Å². The molecule has 0 radical (unpaired) electrons. The second-order valence-electron chi connectivity index (χ2n) is 5.11. The van der Waals surface area contributed by atoms with Crippen molar-refractivity contribution in [3.8, 4) is 12.3 Å². The summed E-state index contributed by atoms with van der Waals surface area (Å²) in [5.74, 6) is 2.37. The summed E-state index contributed by atoms with van der Waals surface area (Å²) in [6.45, 7) is -0.490. The third-order valence-corrected chi connectivity index (χ3v) is 4.08. The lowest BCUT2D eigenvalue weighted by molar-refractivity contribution is -0.0901. The lowest BCUT2D eigenvalue weighted by Crippen LogP contribution is -2.57. The van der Waals surface area contributed by atoms with E-state index in [0.717, 1.165) is 0 Å². The Balaban J connectivity index is 1.95. The highest BCUT2D eigenvalue weighted by molar-refractivity contribution is 6.56. The van der Waals surface area contributed by atoms with Crippen LogP contribution in [0.2, 0.25) is 0 Å². The number of nitrogens with two attached hydrogens (primary N) is 1. The number of nitrogens with zero attached hydrogens (tertiary/aromatic N) is 4. The molecule has 1 fully saturated rings. The normalized spacial score (nSPS) is 43.6. The third-order valence-electron chi connectivity index (χ3n) is 3.80. The highest BCUT2D eigenvalue weighted by Gasteiger charge is 2.59. The number of aliphatic imine (C=N–C) groups is 3. The first kappa shape index (κ1) is 15.4. The van der Waals surface area contributed by atoms with Gasteiger partial charge in [0.1, 0.15) is 30.9 Å². The van der Waals surface area contributed by atoms with Crippen LogP contribution in [0.25, 0.3) is 0 Å². The number of terminal acetylenes is 1. The fourth-order valence-electron chi connectivity index (χ4n) is 2.62. The average molecular weight is 328 g/mol. The van der Waals surface area contributed by atoms with Gasteiger partial charge in [-0.2, -0.15) is 0 Å². The van der Waals surface area contributed by atoms with Crippen LogP contribution < -0.4 is 5.73 Å². The van der Waals surface area contributed by atoms with Crippen molar-refractivity contribution in [1.82, 2.24) is 4.90 Å². The molecule has 0 amide bonds. The van der Waals surface area contributed by atoms with Crippen molar-refractivity contribution >= 4 is 29.5 Å². The van der Waals surface area contributed by atoms with Crippen LogP contribution in [-0.4, -0.2) is 80.5 Å². The van der Waals surface area contributed by atoms with E-state index >= 15 is 0 Å². The molecule has 118 valence electrons. The Morgan fingerprint density at radius 1 is 1.64 bits per heavy atom. The van der Waals surface area contributed by atoms with Gasteiger partial charge in [0.05, 0.1) is 6.61 Å². The van der Waals surface area contributed by atoms with Gasteiger partial charge in [0, 0.05) is 0 Å². The maximum atomic E-state index is 10.5. The lowest BCUT2D eigenvalue weighted by Gasteiger charge is -2.34. The average Bonchev–Trinajstić information content (AvgIpc) is 3.01. The van der Waals surface area contributed by atoms with Crippen molar-refractivity contribution in [2.75, 3.05) is 13.3 Å². The number of rotatable bonds is 2. The maximum Gasteiger partial charge on any atom is 0.232 e. The van der Waals surface area contributed by atoms with Crippen LogP contribution in [0.1, 0.15) is 0 Å². The molecule has 3 rings (SSSR count). The highest BCUT2D eigenvalue weighted by atomic mass is 35.5. The Labute approximate surface area is 130 Å². The predicted octanol–water partition coefficient (Wildman–Crippen LogP) is -2.57. The van der Waals surface area contributed by atoms with Crippen molar-refractivity contribution in [2.24, 2.45) is 20.7 Å². The zero-order valence-corrected chi connectivity index (χ0v) is 12.1. The molecule has 0 aliphatic carbocycles. The first-order chi connectivity index (χ1) is 10.3. The van der Waals surface area contributed by atoms with Crippen LogP contribution >= 0.6 is 11.6 Å². The molecule has 0 aromatic rings. The smallest absolute Gasteiger partial charge is 0.232 e. The third kappa shape index (κ3) is 1.97. The molecule has 1 unspecified atom stereocenters. The Morgan fingerprint density at radius 3 is 3.00 bits per heavy atom. The Hall–Kier alpha value is -1.54. The number of alkyl halides is 1. The van der Waals surface area contributed by atoms with E-state index in [2.05, 4.69) is 20.9 Å². The molecule has 0 saturated carbocycles. The fraction of sp³-hybridized carbons (Fsp3) is 0.583. The summed E-state index contributed by atoms with van der Waals surface area (Å²) in [7, 11) is 0. The van der Waals surface area contributed by atoms with E-state index in [-0.39, 0.29) is 18.2 Å². The summed E-state index contributed by atoms with van der Waals surface area (Å²) in [4.78, 5) is 13.4. The highest BCUT2D eigenvalue weighted by Crippen LogP contribution is 2.35. The minimum Gasteiger partial charge on any atom is -0.394 e. The van der Waals surface area contributed by atoms with Gasteiger partial charge in [-0.15, -0.1) is 6.42 Å². The Morgan fingerprint density at radius 2 is 2.36 bits per heavy atom. The summed E-state index contributed by atoms with van der Waals surface area (Å²) in [5.41, 5.74) is 3.97. The zero-order valence-electron chi connectivity index (χ0n) is 11.3. The van der Waals surface area contributed by atoms with E-state index in [1.165, 1.54) is 11.2 Å².